The molecule has 2 N–H and O–H groups in total. The summed E-state index contributed by atoms with van der Waals surface area (Å²) in [6.07, 6.45) is 1.73. The molecule has 1 aliphatic heterocycles. The lowest BCUT2D eigenvalue weighted by Crippen LogP contribution is -2.46. The van der Waals surface area contributed by atoms with Crippen LogP contribution in [-0.4, -0.2) is 42.4 Å². The van der Waals surface area contributed by atoms with Crippen molar-refractivity contribution in [2.75, 3.05) is 25.0 Å². The van der Waals surface area contributed by atoms with E-state index >= 15 is 0 Å². The number of nitrogens with zero attached hydrogens (tertiary/aromatic N) is 1. The van der Waals surface area contributed by atoms with Crippen molar-refractivity contribution in [3.05, 3.63) is 52.2 Å². The summed E-state index contributed by atoms with van der Waals surface area (Å²) in [6, 6.07) is 10.0. The van der Waals surface area contributed by atoms with Gasteiger partial charge in [-0.05, 0) is 41.3 Å². The topological polar surface area (TPSA) is 61.4 Å². The van der Waals surface area contributed by atoms with E-state index in [0.717, 1.165) is 42.7 Å². The van der Waals surface area contributed by atoms with E-state index in [9.17, 15) is 9.59 Å². The summed E-state index contributed by atoms with van der Waals surface area (Å²) in [5.74, 6) is 0.00805. The molecule has 3 rings (SSSR count). The van der Waals surface area contributed by atoms with E-state index in [1.165, 1.54) is 11.3 Å². The van der Waals surface area contributed by atoms with Crippen LogP contribution in [0.25, 0.3) is 0 Å². The van der Waals surface area contributed by atoms with Gasteiger partial charge in [0, 0.05) is 35.8 Å². The van der Waals surface area contributed by atoms with Gasteiger partial charge in [0.25, 0.3) is 5.91 Å². The summed E-state index contributed by atoms with van der Waals surface area (Å²) in [5, 5.41) is 9.95. The van der Waals surface area contributed by atoms with Crippen molar-refractivity contribution >= 4 is 28.8 Å². The molecule has 1 saturated heterocycles. The van der Waals surface area contributed by atoms with Gasteiger partial charge < -0.3 is 10.6 Å². The Morgan fingerprint density at radius 1 is 1.14 bits per heavy atom. The van der Waals surface area contributed by atoms with Crippen LogP contribution >= 0.6 is 11.3 Å². The van der Waals surface area contributed by atoms with Gasteiger partial charge in [0.15, 0.2) is 0 Å². The summed E-state index contributed by atoms with van der Waals surface area (Å²) in [4.78, 5) is 26.9. The van der Waals surface area contributed by atoms with Crippen molar-refractivity contribution in [1.82, 2.24) is 10.2 Å². The van der Waals surface area contributed by atoms with Crippen molar-refractivity contribution in [1.29, 1.82) is 0 Å². The zero-order valence-electron chi connectivity index (χ0n) is 16.8. The fourth-order valence-corrected chi connectivity index (χ4v) is 4.17. The first-order chi connectivity index (χ1) is 13.3. The van der Waals surface area contributed by atoms with E-state index in [1.807, 2.05) is 35.0 Å². The molecule has 5 nitrogen and oxygen atoms in total. The number of anilines is 1. The van der Waals surface area contributed by atoms with Crippen LogP contribution < -0.4 is 10.6 Å². The lowest BCUT2D eigenvalue weighted by Gasteiger charge is -2.32. The van der Waals surface area contributed by atoms with Crippen molar-refractivity contribution < 1.29 is 9.59 Å². The van der Waals surface area contributed by atoms with E-state index < -0.39 is 0 Å². The molecular formula is C22H29N3O2S. The monoisotopic (exact) mass is 399 g/mol. The number of likely N-dealkylation sites (tertiary alicyclic amines) is 1. The van der Waals surface area contributed by atoms with Gasteiger partial charge in [-0.15, -0.1) is 0 Å². The van der Waals surface area contributed by atoms with Crippen LogP contribution in [-0.2, 0) is 10.2 Å². The highest BCUT2D eigenvalue weighted by Gasteiger charge is 2.23. The zero-order chi connectivity index (χ0) is 20.1. The van der Waals surface area contributed by atoms with Crippen molar-refractivity contribution in [2.24, 2.45) is 0 Å². The molecule has 2 amide bonds. The van der Waals surface area contributed by atoms with E-state index in [0.29, 0.717) is 6.54 Å². The average Bonchev–Trinajstić information content (AvgIpc) is 3.18. The highest BCUT2D eigenvalue weighted by molar-refractivity contribution is 7.08. The highest BCUT2D eigenvalue weighted by Crippen LogP contribution is 2.29. The molecule has 0 atom stereocenters. The molecule has 2 aromatic rings. The largest absolute Gasteiger partial charge is 0.349 e. The molecule has 2 heterocycles. The van der Waals surface area contributed by atoms with Crippen LogP contribution in [0.1, 0.15) is 49.5 Å². The Morgan fingerprint density at radius 3 is 2.50 bits per heavy atom. The Labute approximate surface area is 171 Å². The maximum absolute atomic E-state index is 12.6. The van der Waals surface area contributed by atoms with Crippen LogP contribution in [0.2, 0.25) is 0 Å². The number of benzene rings is 1. The number of carbonyl (C=O) groups excluding carboxylic acids is 2. The number of nitrogens with one attached hydrogen (secondary N) is 2. The first-order valence-corrected chi connectivity index (χ1v) is 10.7. The molecule has 1 fully saturated rings. The van der Waals surface area contributed by atoms with Crippen molar-refractivity contribution in [2.45, 2.75) is 45.1 Å². The summed E-state index contributed by atoms with van der Waals surface area (Å²) >= 11 is 1.53. The fraction of sp³-hybridized carbons (Fsp3) is 0.455. The van der Waals surface area contributed by atoms with Gasteiger partial charge in [-0.2, -0.15) is 11.3 Å². The van der Waals surface area contributed by atoms with Gasteiger partial charge >= 0.3 is 0 Å². The average molecular weight is 400 g/mol. The van der Waals surface area contributed by atoms with E-state index in [1.54, 1.807) is 0 Å². The molecule has 1 aromatic carbocycles. The third-order valence-corrected chi connectivity index (χ3v) is 5.77. The first kappa shape index (κ1) is 20.6. The second-order valence-electron chi connectivity index (χ2n) is 8.38. The Kier molecular flexibility index (Phi) is 6.52. The normalized spacial score (nSPS) is 16.0. The molecule has 0 aliphatic carbocycles. The molecule has 1 aliphatic rings. The minimum atomic E-state index is -0.0249. The number of hydrogen-bond donors (Lipinski definition) is 2. The summed E-state index contributed by atoms with van der Waals surface area (Å²) in [5.41, 5.74) is 2.73. The van der Waals surface area contributed by atoms with Gasteiger partial charge in [0.05, 0.1) is 6.54 Å². The smallest absolute Gasteiger partial charge is 0.252 e. The van der Waals surface area contributed by atoms with Crippen molar-refractivity contribution in [3.8, 4) is 0 Å². The molecule has 0 unspecified atom stereocenters. The van der Waals surface area contributed by atoms with Gasteiger partial charge in [0.2, 0.25) is 5.91 Å². The van der Waals surface area contributed by atoms with Crippen LogP contribution in [0.4, 0.5) is 5.69 Å². The second kappa shape index (κ2) is 8.88. The number of rotatable bonds is 5. The molecule has 150 valence electrons. The molecule has 6 heteroatoms. The summed E-state index contributed by atoms with van der Waals surface area (Å²) in [7, 11) is 0. The first-order valence-electron chi connectivity index (χ1n) is 9.78. The van der Waals surface area contributed by atoms with Gasteiger partial charge in [-0.3, -0.25) is 14.5 Å². The molecule has 1 aromatic heterocycles. The maximum Gasteiger partial charge on any atom is 0.252 e. The lowest BCUT2D eigenvalue weighted by molar-refractivity contribution is -0.117. The van der Waals surface area contributed by atoms with Crippen molar-refractivity contribution in [3.63, 3.8) is 0 Å². The van der Waals surface area contributed by atoms with E-state index in [-0.39, 0.29) is 23.3 Å². The number of amides is 2. The second-order valence-corrected chi connectivity index (χ2v) is 9.16. The number of hydrogen-bond acceptors (Lipinski definition) is 4. The molecule has 0 radical (unpaired) electrons. The highest BCUT2D eigenvalue weighted by atomic mass is 32.1. The Hall–Kier alpha value is -2.18. The third-order valence-electron chi connectivity index (χ3n) is 5.08. The van der Waals surface area contributed by atoms with Crippen LogP contribution in [0, 0.1) is 0 Å². The number of thiophene rings is 1. The van der Waals surface area contributed by atoms with Gasteiger partial charge in [-0.25, -0.2) is 0 Å². The molecule has 28 heavy (non-hydrogen) atoms. The predicted octanol–water partition coefficient (Wildman–Crippen LogP) is 3.88. The lowest BCUT2D eigenvalue weighted by atomic mass is 9.86. The fourth-order valence-electron chi connectivity index (χ4n) is 3.54. The Morgan fingerprint density at radius 2 is 1.86 bits per heavy atom. The molecule has 0 bridgehead atoms. The summed E-state index contributed by atoms with van der Waals surface area (Å²) < 4.78 is 0. The number of carbonyl (C=O) groups is 2. The van der Waals surface area contributed by atoms with Gasteiger partial charge in [-0.1, -0.05) is 39.0 Å². The molecule has 0 spiro atoms. The molecular weight excluding hydrogens is 370 g/mol. The molecule has 0 saturated carbocycles. The van der Waals surface area contributed by atoms with Crippen LogP contribution in [0.5, 0.6) is 0 Å². The number of piperidine rings is 1. The SMILES string of the molecule is CC(C)(C)c1ccccc1NC(=O)CN1CCC(NC(=O)c2ccsc2)CC1. The van der Waals surface area contributed by atoms with E-state index in [2.05, 4.69) is 42.4 Å². The Bertz CT molecular complexity index is 803. The minimum absolute atomic E-state index is 0.00349. The van der Waals surface area contributed by atoms with E-state index in [4.69, 9.17) is 0 Å². The zero-order valence-corrected chi connectivity index (χ0v) is 17.6. The quantitative estimate of drug-likeness (QED) is 0.802. The summed E-state index contributed by atoms with van der Waals surface area (Å²) in [6.45, 7) is 8.43. The van der Waals surface area contributed by atoms with Crippen LogP contribution in [0.15, 0.2) is 41.1 Å². The van der Waals surface area contributed by atoms with Gasteiger partial charge in [0.1, 0.15) is 0 Å². The Balaban J connectivity index is 1.47. The van der Waals surface area contributed by atoms with Crippen LogP contribution in [0.3, 0.4) is 0 Å². The maximum atomic E-state index is 12.6. The number of para-hydroxylation sites is 1. The standard InChI is InChI=1S/C22H29N3O2S/c1-22(2,3)18-6-4-5-7-19(18)24-20(26)14-25-11-8-17(9-12-25)23-21(27)16-10-13-28-15-16/h4-7,10,13,15,17H,8-9,11-12,14H2,1-3H3,(H,23,27)(H,24,26). The minimum Gasteiger partial charge on any atom is -0.349 e. The third kappa shape index (κ3) is 5.42. The predicted molar refractivity (Wildman–Crippen MR) is 115 cm³/mol.